The van der Waals surface area contributed by atoms with Crippen molar-refractivity contribution in [2.45, 2.75) is 36.5 Å². The monoisotopic (exact) mass is 359 g/mol. The molecule has 0 amide bonds. The number of aromatic nitrogens is 4. The molecule has 0 aliphatic carbocycles. The zero-order valence-electron chi connectivity index (χ0n) is 13.6. The summed E-state index contributed by atoms with van der Waals surface area (Å²) in [6, 6.07) is 9.31. The van der Waals surface area contributed by atoms with Gasteiger partial charge in [-0.25, -0.2) is 4.39 Å². The van der Waals surface area contributed by atoms with Crippen molar-refractivity contribution in [3.63, 3.8) is 0 Å². The Kier molecular flexibility index (Phi) is 5.28. The summed E-state index contributed by atoms with van der Waals surface area (Å²) in [6.45, 7) is 2.01. The summed E-state index contributed by atoms with van der Waals surface area (Å²) in [6.07, 6.45) is 2.24. The summed E-state index contributed by atoms with van der Waals surface area (Å²) in [7, 11) is 0. The Balaban J connectivity index is 1.92. The molecule has 1 atom stereocenters. The van der Waals surface area contributed by atoms with Crippen LogP contribution in [0.5, 0.6) is 0 Å². The summed E-state index contributed by atoms with van der Waals surface area (Å²) in [5.74, 6) is -0.964. The van der Waals surface area contributed by atoms with E-state index in [9.17, 15) is 14.3 Å². The van der Waals surface area contributed by atoms with E-state index in [1.54, 1.807) is 24.3 Å². The molecular formula is C17H16FN4O2S-. The van der Waals surface area contributed by atoms with Crippen LogP contribution in [0.3, 0.4) is 0 Å². The molecule has 0 aliphatic heterocycles. The number of hydrogen-bond donors (Lipinski definition) is 0. The Morgan fingerprint density at radius 1 is 1.24 bits per heavy atom. The predicted octanol–water partition coefficient (Wildman–Crippen LogP) is 2.33. The van der Waals surface area contributed by atoms with Crippen LogP contribution in [0, 0.1) is 5.82 Å². The molecule has 25 heavy (non-hydrogen) atoms. The van der Waals surface area contributed by atoms with Crippen molar-refractivity contribution in [3.05, 3.63) is 42.2 Å². The molecule has 0 N–H and O–H groups in total. The van der Waals surface area contributed by atoms with E-state index in [-0.39, 0.29) is 5.82 Å². The normalized spacial score (nSPS) is 12.4. The molecule has 0 saturated heterocycles. The minimum absolute atomic E-state index is 0.338. The maximum Gasteiger partial charge on any atom is 0.185 e. The summed E-state index contributed by atoms with van der Waals surface area (Å²) in [4.78, 5) is 11.3. The lowest BCUT2D eigenvalue weighted by molar-refractivity contribution is -0.304. The Bertz CT molecular complexity index is 882. The van der Waals surface area contributed by atoms with E-state index in [4.69, 9.17) is 0 Å². The number of fused-ring (bicyclic) bond motifs is 1. The van der Waals surface area contributed by atoms with Crippen molar-refractivity contribution in [2.75, 3.05) is 0 Å². The average Bonchev–Trinajstić information content (AvgIpc) is 3.02. The van der Waals surface area contributed by atoms with E-state index in [0.717, 1.165) is 24.6 Å². The minimum atomic E-state index is -1.09. The van der Waals surface area contributed by atoms with Crippen molar-refractivity contribution in [3.8, 4) is 11.4 Å². The highest BCUT2D eigenvalue weighted by molar-refractivity contribution is 8.00. The number of carboxylic acid groups (broad SMARTS) is 1. The summed E-state index contributed by atoms with van der Waals surface area (Å²) in [5.41, 5.74) is 1.20. The minimum Gasteiger partial charge on any atom is -0.549 e. The van der Waals surface area contributed by atoms with Crippen LogP contribution in [0.25, 0.3) is 17.0 Å². The summed E-state index contributed by atoms with van der Waals surface area (Å²) < 4.78 is 14.6. The molecule has 2 heterocycles. The second-order valence-corrected chi connectivity index (χ2v) is 6.76. The largest absolute Gasteiger partial charge is 0.549 e. The van der Waals surface area contributed by atoms with Crippen molar-refractivity contribution in [1.29, 1.82) is 0 Å². The Morgan fingerprint density at radius 2 is 2.00 bits per heavy atom. The molecule has 0 radical (unpaired) electrons. The van der Waals surface area contributed by atoms with Crippen molar-refractivity contribution in [1.82, 2.24) is 19.8 Å². The number of thioether (sulfide) groups is 1. The van der Waals surface area contributed by atoms with Gasteiger partial charge in [0.2, 0.25) is 0 Å². The Morgan fingerprint density at radius 3 is 2.68 bits per heavy atom. The van der Waals surface area contributed by atoms with Gasteiger partial charge in [-0.05, 0) is 42.8 Å². The first kappa shape index (κ1) is 17.3. The van der Waals surface area contributed by atoms with Gasteiger partial charge in [0, 0.05) is 5.56 Å². The fraction of sp³-hybridized carbons (Fsp3) is 0.294. The topological polar surface area (TPSA) is 83.2 Å². The third kappa shape index (κ3) is 3.96. The van der Waals surface area contributed by atoms with Crippen LogP contribution in [0.15, 0.2) is 41.4 Å². The van der Waals surface area contributed by atoms with Gasteiger partial charge in [-0.1, -0.05) is 31.5 Å². The van der Waals surface area contributed by atoms with Gasteiger partial charge in [0.1, 0.15) is 10.8 Å². The predicted molar refractivity (Wildman–Crippen MR) is 90.4 cm³/mol. The van der Waals surface area contributed by atoms with Crippen LogP contribution in [-0.4, -0.2) is 31.0 Å². The van der Waals surface area contributed by atoms with Gasteiger partial charge >= 0.3 is 0 Å². The van der Waals surface area contributed by atoms with Crippen LogP contribution in [-0.2, 0) is 4.79 Å². The van der Waals surface area contributed by atoms with Gasteiger partial charge in [0.05, 0.1) is 11.2 Å². The first-order valence-corrected chi connectivity index (χ1v) is 8.82. The molecule has 0 unspecified atom stereocenters. The van der Waals surface area contributed by atoms with Gasteiger partial charge in [-0.3, -0.25) is 0 Å². The number of carbonyl (C=O) groups is 1. The highest BCUT2D eigenvalue weighted by Crippen LogP contribution is 2.26. The fourth-order valence-electron chi connectivity index (χ4n) is 2.37. The second kappa shape index (κ2) is 7.60. The zero-order valence-corrected chi connectivity index (χ0v) is 14.4. The molecule has 1 aromatic carbocycles. The zero-order chi connectivity index (χ0) is 17.8. The molecule has 2 aromatic heterocycles. The van der Waals surface area contributed by atoms with E-state index in [2.05, 4.69) is 15.3 Å². The molecule has 6 nitrogen and oxygen atoms in total. The highest BCUT2D eigenvalue weighted by atomic mass is 32.2. The lowest BCUT2D eigenvalue weighted by Gasteiger charge is -2.16. The number of rotatable bonds is 7. The molecule has 0 bridgehead atoms. The molecule has 3 aromatic rings. The van der Waals surface area contributed by atoms with E-state index < -0.39 is 11.2 Å². The number of nitrogens with zero attached hydrogens (tertiary/aromatic N) is 4. The molecule has 3 rings (SSSR count). The van der Waals surface area contributed by atoms with Gasteiger partial charge in [-0.15, -0.1) is 10.2 Å². The number of aliphatic carboxylic acids is 1. The van der Waals surface area contributed by atoms with Crippen molar-refractivity contribution >= 4 is 23.4 Å². The molecular weight excluding hydrogens is 343 g/mol. The lowest BCUT2D eigenvalue weighted by atomic mass is 10.2. The van der Waals surface area contributed by atoms with E-state index in [0.29, 0.717) is 28.5 Å². The first-order chi connectivity index (χ1) is 12.1. The quantitative estimate of drug-likeness (QED) is 0.602. The number of carboxylic acids is 1. The maximum atomic E-state index is 13.1. The van der Waals surface area contributed by atoms with Gasteiger partial charge in [0.15, 0.2) is 11.5 Å². The van der Waals surface area contributed by atoms with Gasteiger partial charge < -0.3 is 9.90 Å². The Labute approximate surface area is 148 Å². The molecule has 0 aliphatic rings. The van der Waals surface area contributed by atoms with E-state index in [1.807, 2.05) is 6.92 Å². The molecule has 0 saturated carbocycles. The van der Waals surface area contributed by atoms with Crippen LogP contribution in [0.2, 0.25) is 0 Å². The van der Waals surface area contributed by atoms with Gasteiger partial charge in [0.25, 0.3) is 0 Å². The third-order valence-corrected chi connectivity index (χ3v) is 4.86. The molecule has 130 valence electrons. The number of benzene rings is 1. The highest BCUT2D eigenvalue weighted by Gasteiger charge is 2.15. The second-order valence-electron chi connectivity index (χ2n) is 5.54. The number of hydrogen-bond acceptors (Lipinski definition) is 6. The maximum absolute atomic E-state index is 13.1. The van der Waals surface area contributed by atoms with Crippen LogP contribution in [0.1, 0.15) is 26.2 Å². The summed E-state index contributed by atoms with van der Waals surface area (Å²) in [5, 5.41) is 23.8. The lowest BCUT2D eigenvalue weighted by Crippen LogP contribution is -2.33. The third-order valence-electron chi connectivity index (χ3n) is 3.69. The number of unbranched alkanes of at least 4 members (excludes halogenated alkanes) is 1. The number of halogens is 1. The van der Waals surface area contributed by atoms with Crippen LogP contribution >= 0.6 is 11.8 Å². The van der Waals surface area contributed by atoms with Gasteiger partial charge in [-0.2, -0.15) is 9.61 Å². The van der Waals surface area contributed by atoms with Crippen molar-refractivity contribution < 1.29 is 14.3 Å². The van der Waals surface area contributed by atoms with Crippen LogP contribution < -0.4 is 5.11 Å². The summed E-state index contributed by atoms with van der Waals surface area (Å²) >= 11 is 1.15. The first-order valence-electron chi connectivity index (χ1n) is 7.94. The smallest absolute Gasteiger partial charge is 0.185 e. The Hall–Kier alpha value is -2.48. The number of carbonyl (C=O) groups excluding carboxylic acids is 1. The molecule has 0 spiro atoms. The standard InChI is InChI=1S/C17H17FN4O2S/c1-2-3-4-13(17(23)24)25-15-10-9-14-19-20-16(22(14)21-15)11-5-7-12(18)8-6-11/h5-10,13H,2-4H2,1H3,(H,23,24)/p-1/t13-/m0/s1. The SMILES string of the molecule is CCCC[C@H](Sc1ccc2nnc(-c3ccc(F)cc3)n2n1)C(=O)[O-]. The average molecular weight is 359 g/mol. The van der Waals surface area contributed by atoms with Crippen molar-refractivity contribution in [2.24, 2.45) is 0 Å². The van der Waals surface area contributed by atoms with Crippen LogP contribution in [0.4, 0.5) is 4.39 Å². The molecule has 0 fully saturated rings. The fourth-order valence-corrected chi connectivity index (χ4v) is 3.32. The van der Waals surface area contributed by atoms with E-state index >= 15 is 0 Å². The molecule has 8 heteroatoms. The van der Waals surface area contributed by atoms with E-state index in [1.165, 1.54) is 16.6 Å².